The van der Waals surface area contributed by atoms with Crippen LogP contribution in [0.3, 0.4) is 0 Å². The summed E-state index contributed by atoms with van der Waals surface area (Å²) in [4.78, 5) is 30.4. The lowest BCUT2D eigenvalue weighted by Crippen LogP contribution is -2.37. The van der Waals surface area contributed by atoms with E-state index in [1.807, 2.05) is 53.1 Å². The van der Waals surface area contributed by atoms with Crippen molar-refractivity contribution in [3.05, 3.63) is 58.1 Å². The number of amides is 2. The molecule has 2 aliphatic rings. The first-order chi connectivity index (χ1) is 13.6. The van der Waals surface area contributed by atoms with Gasteiger partial charge >= 0.3 is 0 Å². The van der Waals surface area contributed by atoms with Gasteiger partial charge in [-0.1, -0.05) is 17.7 Å². The summed E-state index contributed by atoms with van der Waals surface area (Å²) in [7, 11) is 0. The summed E-state index contributed by atoms with van der Waals surface area (Å²) in [6.45, 7) is 2.05. The molecule has 28 heavy (non-hydrogen) atoms. The zero-order valence-electron chi connectivity index (χ0n) is 15.0. The molecule has 2 N–H and O–H groups in total. The lowest BCUT2D eigenvalue weighted by Gasteiger charge is -2.26. The number of fused-ring (bicyclic) bond motifs is 2. The average molecular weight is 412 g/mol. The number of hydrogen-bond acceptors (Lipinski definition) is 3. The lowest BCUT2D eigenvalue weighted by molar-refractivity contribution is 0.0772. The Morgan fingerprint density at radius 3 is 2.75 bits per heavy atom. The van der Waals surface area contributed by atoms with Crippen molar-refractivity contribution in [1.82, 2.24) is 15.2 Å². The van der Waals surface area contributed by atoms with Crippen LogP contribution in [0.25, 0.3) is 22.2 Å². The number of H-pyrrole nitrogens is 1. The van der Waals surface area contributed by atoms with Crippen molar-refractivity contribution in [2.45, 2.75) is 6.54 Å². The van der Waals surface area contributed by atoms with Gasteiger partial charge in [-0.05, 0) is 30.3 Å². The van der Waals surface area contributed by atoms with Gasteiger partial charge in [0.1, 0.15) is 0 Å². The maximum atomic E-state index is 12.8. The van der Waals surface area contributed by atoms with Gasteiger partial charge in [-0.2, -0.15) is 11.8 Å². The number of nitrogens with zero attached hydrogens (tertiary/aromatic N) is 1. The fourth-order valence-corrected chi connectivity index (χ4v) is 5.02. The molecular formula is C21H18ClN3O2S. The second-order valence-electron chi connectivity index (χ2n) is 7.02. The van der Waals surface area contributed by atoms with E-state index in [1.165, 1.54) is 0 Å². The van der Waals surface area contributed by atoms with Crippen LogP contribution in [0.1, 0.15) is 26.3 Å². The molecule has 0 bridgehead atoms. The van der Waals surface area contributed by atoms with Gasteiger partial charge in [0.2, 0.25) is 0 Å². The zero-order chi connectivity index (χ0) is 19.3. The summed E-state index contributed by atoms with van der Waals surface area (Å²) in [5, 5.41) is 4.39. The Morgan fingerprint density at radius 1 is 1.11 bits per heavy atom. The van der Waals surface area contributed by atoms with E-state index < -0.39 is 0 Å². The molecular weight excluding hydrogens is 394 g/mol. The Morgan fingerprint density at radius 2 is 1.93 bits per heavy atom. The number of carbonyl (C=O) groups excluding carboxylic acids is 2. The molecule has 3 heterocycles. The van der Waals surface area contributed by atoms with E-state index in [1.54, 1.807) is 0 Å². The minimum absolute atomic E-state index is 0.0803. The van der Waals surface area contributed by atoms with Crippen LogP contribution in [-0.2, 0) is 6.54 Å². The number of nitrogens with one attached hydrogen (secondary N) is 2. The second kappa shape index (κ2) is 6.87. The van der Waals surface area contributed by atoms with E-state index in [0.29, 0.717) is 22.7 Å². The third kappa shape index (κ3) is 2.88. The number of hydrogen-bond donors (Lipinski definition) is 2. The zero-order valence-corrected chi connectivity index (χ0v) is 16.6. The fourth-order valence-electron chi connectivity index (χ4n) is 3.90. The van der Waals surface area contributed by atoms with Crippen LogP contribution in [0, 0.1) is 0 Å². The summed E-state index contributed by atoms with van der Waals surface area (Å²) in [6.07, 6.45) is 0. The van der Waals surface area contributed by atoms with Crippen molar-refractivity contribution in [1.29, 1.82) is 0 Å². The quantitative estimate of drug-likeness (QED) is 0.671. The molecule has 7 heteroatoms. The summed E-state index contributed by atoms with van der Waals surface area (Å²) in [6, 6.07) is 11.4. The lowest BCUT2D eigenvalue weighted by atomic mass is 10.0. The van der Waals surface area contributed by atoms with E-state index >= 15 is 0 Å². The van der Waals surface area contributed by atoms with Gasteiger partial charge in [-0.15, -0.1) is 0 Å². The Balaban J connectivity index is 1.54. The molecule has 2 aromatic carbocycles. The number of aromatic amines is 1. The van der Waals surface area contributed by atoms with Crippen molar-refractivity contribution >= 4 is 46.1 Å². The minimum Gasteiger partial charge on any atom is -0.355 e. The molecule has 0 radical (unpaired) electrons. The van der Waals surface area contributed by atoms with E-state index in [0.717, 1.165) is 52.3 Å². The van der Waals surface area contributed by atoms with Crippen LogP contribution in [0.15, 0.2) is 36.4 Å². The molecule has 1 fully saturated rings. The highest BCUT2D eigenvalue weighted by atomic mass is 35.5. The maximum Gasteiger partial charge on any atom is 0.253 e. The van der Waals surface area contributed by atoms with E-state index in [2.05, 4.69) is 10.3 Å². The summed E-state index contributed by atoms with van der Waals surface area (Å²) in [5.41, 5.74) is 4.76. The highest BCUT2D eigenvalue weighted by Crippen LogP contribution is 2.34. The first-order valence-electron chi connectivity index (χ1n) is 9.21. The maximum absolute atomic E-state index is 12.8. The number of rotatable bonds is 2. The predicted molar refractivity (Wildman–Crippen MR) is 113 cm³/mol. The standard InChI is InChI=1S/C21H18ClN3O2S/c22-16-3-2-14(19-15(16)11-23-20(19)26)18-10-13-9-12(1-4-17(13)24-18)21(27)25-5-7-28-8-6-25/h1-4,9-10,24H,5-8,11H2,(H,23,26). The van der Waals surface area contributed by atoms with Gasteiger partial charge in [0.15, 0.2) is 0 Å². The highest BCUT2D eigenvalue weighted by Gasteiger charge is 2.26. The topological polar surface area (TPSA) is 65.2 Å². The van der Waals surface area contributed by atoms with Crippen molar-refractivity contribution in [3.63, 3.8) is 0 Å². The third-order valence-electron chi connectivity index (χ3n) is 5.36. The normalized spacial score (nSPS) is 16.3. The van der Waals surface area contributed by atoms with Crippen LogP contribution >= 0.6 is 23.4 Å². The van der Waals surface area contributed by atoms with Gasteiger partial charge in [0, 0.05) is 69.4 Å². The predicted octanol–water partition coefficient (Wildman–Crippen LogP) is 3.92. The molecule has 0 saturated carbocycles. The second-order valence-corrected chi connectivity index (χ2v) is 8.65. The Hall–Kier alpha value is -2.44. The van der Waals surface area contributed by atoms with Crippen LogP contribution in [0.2, 0.25) is 5.02 Å². The Labute approximate surface area is 171 Å². The van der Waals surface area contributed by atoms with Crippen LogP contribution in [-0.4, -0.2) is 46.3 Å². The first kappa shape index (κ1) is 17.6. The molecule has 3 aromatic rings. The summed E-state index contributed by atoms with van der Waals surface area (Å²) < 4.78 is 0. The largest absolute Gasteiger partial charge is 0.355 e. The molecule has 1 saturated heterocycles. The smallest absolute Gasteiger partial charge is 0.253 e. The van der Waals surface area contributed by atoms with Crippen molar-refractivity contribution in [2.75, 3.05) is 24.6 Å². The van der Waals surface area contributed by atoms with Crippen molar-refractivity contribution < 1.29 is 9.59 Å². The van der Waals surface area contributed by atoms with Gasteiger partial charge in [-0.3, -0.25) is 9.59 Å². The van der Waals surface area contributed by atoms with Crippen LogP contribution in [0.4, 0.5) is 0 Å². The SMILES string of the molecule is O=C1NCc2c(Cl)ccc(-c3cc4cc(C(=O)N5CCSCC5)ccc4[nH]3)c21. The minimum atomic E-state index is -0.106. The number of benzene rings is 2. The van der Waals surface area contributed by atoms with E-state index in [4.69, 9.17) is 11.6 Å². The number of carbonyl (C=O) groups is 2. The molecule has 1 aromatic heterocycles. The molecule has 0 unspecified atom stereocenters. The third-order valence-corrected chi connectivity index (χ3v) is 6.66. The van der Waals surface area contributed by atoms with Crippen molar-refractivity contribution in [2.24, 2.45) is 0 Å². The molecule has 5 nitrogen and oxygen atoms in total. The van der Waals surface area contributed by atoms with Gasteiger partial charge in [-0.25, -0.2) is 0 Å². The van der Waals surface area contributed by atoms with Crippen LogP contribution in [0.5, 0.6) is 0 Å². The van der Waals surface area contributed by atoms with Gasteiger partial charge < -0.3 is 15.2 Å². The molecule has 0 atom stereocenters. The number of halogens is 1. The number of thioether (sulfide) groups is 1. The highest BCUT2D eigenvalue weighted by molar-refractivity contribution is 7.99. The monoisotopic (exact) mass is 411 g/mol. The summed E-state index contributed by atoms with van der Waals surface area (Å²) in [5.74, 6) is 1.96. The first-order valence-corrected chi connectivity index (χ1v) is 10.7. The van der Waals surface area contributed by atoms with Gasteiger partial charge in [0.05, 0.1) is 5.56 Å². The Kier molecular flexibility index (Phi) is 4.33. The van der Waals surface area contributed by atoms with Crippen molar-refractivity contribution in [3.8, 4) is 11.3 Å². The van der Waals surface area contributed by atoms with Crippen LogP contribution < -0.4 is 5.32 Å². The van der Waals surface area contributed by atoms with E-state index in [-0.39, 0.29) is 11.8 Å². The number of aromatic nitrogens is 1. The summed E-state index contributed by atoms with van der Waals surface area (Å²) >= 11 is 8.14. The fraction of sp³-hybridized carbons (Fsp3) is 0.238. The van der Waals surface area contributed by atoms with Gasteiger partial charge in [0.25, 0.3) is 11.8 Å². The molecule has 5 rings (SSSR count). The average Bonchev–Trinajstić information content (AvgIpc) is 3.32. The Bertz CT molecular complexity index is 1120. The molecule has 142 valence electrons. The molecule has 2 aliphatic heterocycles. The molecule has 2 amide bonds. The van der Waals surface area contributed by atoms with E-state index in [9.17, 15) is 9.59 Å². The molecule has 0 spiro atoms. The molecule has 0 aliphatic carbocycles.